The number of fused-ring (bicyclic) bond motifs is 3. The zero-order valence-corrected chi connectivity index (χ0v) is 22.1. The molecule has 1 saturated heterocycles. The molecule has 2 aromatic carbocycles. The number of rotatable bonds is 5. The first-order valence-corrected chi connectivity index (χ1v) is 12.6. The Bertz CT molecular complexity index is 1100. The van der Waals surface area contributed by atoms with E-state index in [0.717, 1.165) is 36.3 Å². The zero-order chi connectivity index (χ0) is 25.5. The minimum absolute atomic E-state index is 0.122. The van der Waals surface area contributed by atoms with E-state index in [1.165, 1.54) is 5.56 Å². The SMILES string of the molecule is CCN1CC[C@@]2(C)c3cc(OC(=O)Cc4ccc(C(C)C)cc4)ccc3N(C(=O)OC(C)(C)C)C12. The molecule has 2 aliphatic heterocycles. The summed E-state index contributed by atoms with van der Waals surface area (Å²) in [5.74, 6) is 0.660. The molecule has 1 fully saturated rings. The molecular formula is C29H38N2O4. The minimum atomic E-state index is -0.589. The van der Waals surface area contributed by atoms with E-state index in [0.29, 0.717) is 11.7 Å². The number of hydrogen-bond acceptors (Lipinski definition) is 5. The Morgan fingerprint density at radius 1 is 1.11 bits per heavy atom. The van der Waals surface area contributed by atoms with Gasteiger partial charge in [0.15, 0.2) is 0 Å². The van der Waals surface area contributed by atoms with Crippen LogP contribution in [0, 0.1) is 0 Å². The van der Waals surface area contributed by atoms with E-state index < -0.39 is 5.60 Å². The van der Waals surface area contributed by atoms with Crippen LogP contribution in [0.3, 0.4) is 0 Å². The zero-order valence-electron chi connectivity index (χ0n) is 22.1. The molecule has 0 saturated carbocycles. The lowest BCUT2D eigenvalue weighted by Gasteiger charge is -2.35. The molecule has 1 amide bonds. The molecular weight excluding hydrogens is 440 g/mol. The lowest BCUT2D eigenvalue weighted by atomic mass is 9.81. The van der Waals surface area contributed by atoms with Crippen LogP contribution in [0.1, 0.15) is 77.5 Å². The molecule has 0 aromatic heterocycles. The van der Waals surface area contributed by atoms with Crippen molar-refractivity contribution in [3.63, 3.8) is 0 Å². The van der Waals surface area contributed by atoms with Gasteiger partial charge in [0.2, 0.25) is 0 Å². The van der Waals surface area contributed by atoms with Crippen molar-refractivity contribution in [2.45, 2.75) is 84.4 Å². The maximum absolute atomic E-state index is 13.3. The highest BCUT2D eigenvalue weighted by Crippen LogP contribution is 2.53. The average molecular weight is 479 g/mol. The van der Waals surface area contributed by atoms with Gasteiger partial charge in [-0.2, -0.15) is 0 Å². The minimum Gasteiger partial charge on any atom is -0.443 e. The van der Waals surface area contributed by atoms with E-state index in [4.69, 9.17) is 9.47 Å². The Labute approximate surface area is 209 Å². The molecule has 6 nitrogen and oxygen atoms in total. The van der Waals surface area contributed by atoms with Crippen LogP contribution in [0.25, 0.3) is 0 Å². The van der Waals surface area contributed by atoms with Crippen LogP contribution < -0.4 is 9.64 Å². The predicted octanol–water partition coefficient (Wildman–Crippen LogP) is 6.02. The van der Waals surface area contributed by atoms with Crippen molar-refractivity contribution in [2.24, 2.45) is 0 Å². The van der Waals surface area contributed by atoms with Crippen LogP contribution in [0.4, 0.5) is 10.5 Å². The third kappa shape index (κ3) is 4.94. The van der Waals surface area contributed by atoms with Gasteiger partial charge in [-0.15, -0.1) is 0 Å². The number of carbonyl (C=O) groups is 2. The second-order valence-corrected chi connectivity index (χ2v) is 11.2. The van der Waals surface area contributed by atoms with Crippen molar-refractivity contribution in [1.82, 2.24) is 4.90 Å². The highest BCUT2D eigenvalue weighted by atomic mass is 16.6. The van der Waals surface area contributed by atoms with Gasteiger partial charge < -0.3 is 9.47 Å². The van der Waals surface area contributed by atoms with Gasteiger partial charge in [-0.05, 0) is 74.5 Å². The second kappa shape index (κ2) is 9.30. The maximum atomic E-state index is 13.3. The maximum Gasteiger partial charge on any atom is 0.416 e. The van der Waals surface area contributed by atoms with E-state index in [9.17, 15) is 9.59 Å². The third-order valence-corrected chi connectivity index (χ3v) is 7.14. The molecule has 2 atom stereocenters. The highest BCUT2D eigenvalue weighted by Gasteiger charge is 2.56. The number of likely N-dealkylation sites (N-methyl/N-ethyl adjacent to an activating group) is 1. The molecule has 0 bridgehead atoms. The molecule has 1 unspecified atom stereocenters. The summed E-state index contributed by atoms with van der Waals surface area (Å²) in [5, 5.41) is 0. The lowest BCUT2D eigenvalue weighted by molar-refractivity contribution is -0.133. The van der Waals surface area contributed by atoms with Crippen molar-refractivity contribution in [3.8, 4) is 5.75 Å². The van der Waals surface area contributed by atoms with E-state index in [2.05, 4.69) is 44.7 Å². The Balaban J connectivity index is 1.58. The fourth-order valence-electron chi connectivity index (χ4n) is 5.33. The van der Waals surface area contributed by atoms with Gasteiger partial charge in [0, 0.05) is 12.0 Å². The van der Waals surface area contributed by atoms with Gasteiger partial charge in [-0.25, -0.2) is 4.79 Å². The van der Waals surface area contributed by atoms with Crippen LogP contribution in [0.2, 0.25) is 0 Å². The van der Waals surface area contributed by atoms with Crippen molar-refractivity contribution in [1.29, 1.82) is 0 Å². The second-order valence-electron chi connectivity index (χ2n) is 11.2. The molecule has 0 spiro atoms. The van der Waals surface area contributed by atoms with E-state index in [-0.39, 0.29) is 30.1 Å². The smallest absolute Gasteiger partial charge is 0.416 e. The quantitative estimate of drug-likeness (QED) is 0.388. The van der Waals surface area contributed by atoms with E-state index in [1.54, 1.807) is 11.0 Å². The Morgan fingerprint density at radius 2 is 1.80 bits per heavy atom. The van der Waals surface area contributed by atoms with Crippen LogP contribution in [-0.4, -0.2) is 41.8 Å². The van der Waals surface area contributed by atoms with Gasteiger partial charge in [0.25, 0.3) is 0 Å². The van der Waals surface area contributed by atoms with Crippen molar-refractivity contribution < 1.29 is 19.1 Å². The Kier molecular flexibility index (Phi) is 6.71. The number of ether oxygens (including phenoxy) is 2. The number of benzene rings is 2. The summed E-state index contributed by atoms with van der Waals surface area (Å²) in [6, 6.07) is 13.7. The molecule has 4 rings (SSSR count). The summed E-state index contributed by atoms with van der Waals surface area (Å²) in [6.07, 6.45) is 0.658. The van der Waals surface area contributed by atoms with Crippen molar-refractivity contribution >= 4 is 17.7 Å². The van der Waals surface area contributed by atoms with Crippen LogP contribution in [-0.2, 0) is 21.4 Å². The molecule has 6 heteroatoms. The first kappa shape index (κ1) is 25.2. The van der Waals surface area contributed by atoms with Crippen LogP contribution >= 0.6 is 0 Å². The summed E-state index contributed by atoms with van der Waals surface area (Å²) in [6.45, 7) is 16.0. The lowest BCUT2D eigenvalue weighted by Crippen LogP contribution is -2.52. The summed E-state index contributed by atoms with van der Waals surface area (Å²) in [7, 11) is 0. The number of nitrogens with zero attached hydrogens (tertiary/aromatic N) is 2. The van der Waals surface area contributed by atoms with Crippen LogP contribution in [0.15, 0.2) is 42.5 Å². The number of likely N-dealkylation sites (tertiary alicyclic amines) is 1. The van der Waals surface area contributed by atoms with E-state index in [1.807, 2.05) is 45.0 Å². The largest absolute Gasteiger partial charge is 0.443 e. The van der Waals surface area contributed by atoms with Gasteiger partial charge in [-0.1, -0.05) is 52.0 Å². The predicted molar refractivity (Wildman–Crippen MR) is 138 cm³/mol. The van der Waals surface area contributed by atoms with Gasteiger partial charge in [0.05, 0.1) is 12.1 Å². The summed E-state index contributed by atoms with van der Waals surface area (Å²) in [4.78, 5) is 30.1. The van der Waals surface area contributed by atoms with E-state index >= 15 is 0 Å². The van der Waals surface area contributed by atoms with Crippen molar-refractivity contribution in [3.05, 3.63) is 59.2 Å². The number of hydrogen-bond donors (Lipinski definition) is 0. The van der Waals surface area contributed by atoms with Gasteiger partial charge >= 0.3 is 12.1 Å². The summed E-state index contributed by atoms with van der Waals surface area (Å²) < 4.78 is 11.5. The highest BCUT2D eigenvalue weighted by molar-refractivity contribution is 5.93. The Hall–Kier alpha value is -2.86. The molecule has 2 aromatic rings. The fourth-order valence-corrected chi connectivity index (χ4v) is 5.33. The number of anilines is 1. The van der Waals surface area contributed by atoms with Crippen LogP contribution in [0.5, 0.6) is 5.75 Å². The first-order valence-electron chi connectivity index (χ1n) is 12.6. The summed E-state index contributed by atoms with van der Waals surface area (Å²) in [5.41, 5.74) is 3.17. The number of carbonyl (C=O) groups excluding carboxylic acids is 2. The normalized spacial score (nSPS) is 21.7. The monoisotopic (exact) mass is 478 g/mol. The summed E-state index contributed by atoms with van der Waals surface area (Å²) >= 11 is 0. The molecule has 0 aliphatic carbocycles. The third-order valence-electron chi connectivity index (χ3n) is 7.14. The molecule has 0 radical (unpaired) electrons. The van der Waals surface area contributed by atoms with Gasteiger partial charge in [-0.3, -0.25) is 14.6 Å². The average Bonchev–Trinajstić information content (AvgIpc) is 3.23. The molecule has 35 heavy (non-hydrogen) atoms. The fraction of sp³-hybridized carbons (Fsp3) is 0.517. The van der Waals surface area contributed by atoms with Crippen molar-refractivity contribution in [2.75, 3.05) is 18.0 Å². The number of esters is 1. The molecule has 2 heterocycles. The molecule has 2 aliphatic rings. The number of amides is 1. The van der Waals surface area contributed by atoms with Gasteiger partial charge in [0.1, 0.15) is 17.5 Å². The Morgan fingerprint density at radius 3 is 2.40 bits per heavy atom. The molecule has 188 valence electrons. The standard InChI is InChI=1S/C29H38N2O4/c1-8-30-16-15-29(7)23-18-22(34-25(32)17-20-9-11-21(12-10-20)19(2)3)13-14-24(23)31(26(29)30)27(33)35-28(4,5)6/h9-14,18-19,26H,8,15-17H2,1-7H3/t26?,29-/m0/s1. The molecule has 0 N–H and O–H groups in total. The topological polar surface area (TPSA) is 59.1 Å². The first-order chi connectivity index (χ1) is 16.4.